The smallest absolute Gasteiger partial charge is 0.122 e. The van der Waals surface area contributed by atoms with Crippen LogP contribution >= 0.6 is 0 Å². The number of methoxy groups -OCH3 is 2. The van der Waals surface area contributed by atoms with E-state index >= 15 is 0 Å². The van der Waals surface area contributed by atoms with Gasteiger partial charge >= 0.3 is 0 Å². The molecule has 2 nitrogen and oxygen atoms in total. The van der Waals surface area contributed by atoms with E-state index in [0.717, 1.165) is 5.56 Å². The van der Waals surface area contributed by atoms with Crippen molar-refractivity contribution in [1.29, 1.82) is 0 Å². The minimum atomic E-state index is -1.89. The van der Waals surface area contributed by atoms with E-state index in [-0.39, 0.29) is 6.42 Å². The number of benzene rings is 1. The fourth-order valence-corrected chi connectivity index (χ4v) is 1.16. The Kier molecular flexibility index (Phi) is 2.30. The summed E-state index contributed by atoms with van der Waals surface area (Å²) in [5.41, 5.74) is 0.910. The van der Waals surface area contributed by atoms with Gasteiger partial charge in [0.25, 0.3) is 0 Å². The van der Waals surface area contributed by atoms with Gasteiger partial charge in [-0.1, -0.05) is 13.3 Å². The first kappa shape index (κ1) is 6.30. The van der Waals surface area contributed by atoms with Crippen LogP contribution in [0, 0.1) is 0 Å². The molecule has 0 saturated heterocycles. The van der Waals surface area contributed by atoms with Gasteiger partial charge in [-0.05, 0) is 24.1 Å². The largest absolute Gasteiger partial charge is 0.497 e. The van der Waals surface area contributed by atoms with E-state index in [1.54, 1.807) is 20.3 Å². The summed E-state index contributed by atoms with van der Waals surface area (Å²) in [6.45, 7) is -1.89. The average molecular weight is 183 g/mol. The van der Waals surface area contributed by atoms with Crippen LogP contribution in [0.4, 0.5) is 0 Å². The molecule has 0 aliphatic heterocycles. The van der Waals surface area contributed by atoms with Crippen LogP contribution in [-0.2, 0) is 6.42 Å². The topological polar surface area (TPSA) is 18.5 Å². The molecule has 0 heterocycles. The number of rotatable bonds is 4. The van der Waals surface area contributed by atoms with Gasteiger partial charge in [0.2, 0.25) is 0 Å². The van der Waals surface area contributed by atoms with Crippen molar-refractivity contribution < 1.29 is 13.6 Å². The molecule has 0 spiro atoms. The minimum absolute atomic E-state index is 0.156. The van der Waals surface area contributed by atoms with Crippen LogP contribution in [0.3, 0.4) is 0 Å². The Bertz CT molecular complexity index is 325. The fourth-order valence-electron chi connectivity index (χ4n) is 1.16. The first-order valence-corrected chi connectivity index (χ1v) is 4.16. The van der Waals surface area contributed by atoms with E-state index in [2.05, 4.69) is 0 Å². The number of aryl methyl sites for hydroxylation is 1. The lowest BCUT2D eigenvalue weighted by Crippen LogP contribution is -1.90. The molecular weight excluding hydrogens is 164 g/mol. The van der Waals surface area contributed by atoms with Crippen molar-refractivity contribution in [2.75, 3.05) is 14.2 Å². The predicted octanol–water partition coefficient (Wildman–Crippen LogP) is 2.66. The Morgan fingerprint density at radius 2 is 1.77 bits per heavy atom. The van der Waals surface area contributed by atoms with Gasteiger partial charge in [-0.15, -0.1) is 0 Å². The third-order valence-corrected chi connectivity index (χ3v) is 1.82. The lowest BCUT2D eigenvalue weighted by Gasteiger charge is -2.07. The molecule has 0 N–H and O–H groups in total. The van der Waals surface area contributed by atoms with E-state index in [0.29, 0.717) is 17.9 Å². The molecule has 1 rings (SSSR count). The molecule has 0 fully saturated rings. The molecule has 0 unspecified atom stereocenters. The normalized spacial score (nSPS) is 14.2. The summed E-state index contributed by atoms with van der Waals surface area (Å²) in [5, 5.41) is 0. The molecule has 0 aliphatic carbocycles. The van der Waals surface area contributed by atoms with Crippen molar-refractivity contribution in [2.45, 2.75) is 19.7 Å². The number of ether oxygens (including phenoxy) is 2. The second-order valence-corrected chi connectivity index (χ2v) is 2.72. The average Bonchev–Trinajstić information content (AvgIpc) is 2.25. The van der Waals surface area contributed by atoms with E-state index in [1.165, 1.54) is 0 Å². The van der Waals surface area contributed by atoms with Gasteiger partial charge in [0.15, 0.2) is 0 Å². The van der Waals surface area contributed by atoms with Gasteiger partial charge < -0.3 is 9.47 Å². The molecule has 0 aromatic heterocycles. The van der Waals surface area contributed by atoms with E-state index in [4.69, 9.17) is 13.6 Å². The van der Waals surface area contributed by atoms with Crippen molar-refractivity contribution in [3.8, 4) is 11.5 Å². The molecule has 1 aromatic carbocycles. The summed E-state index contributed by atoms with van der Waals surface area (Å²) < 4.78 is 31.7. The van der Waals surface area contributed by atoms with E-state index < -0.39 is 6.85 Å². The first-order chi connectivity index (χ1) is 7.44. The Morgan fingerprint density at radius 1 is 1.15 bits per heavy atom. The Hall–Kier alpha value is -1.18. The molecule has 0 atom stereocenters. The molecule has 1 aromatic rings. The summed E-state index contributed by atoms with van der Waals surface area (Å²) in [6, 6.07) is 5.42. The summed E-state index contributed by atoms with van der Waals surface area (Å²) in [7, 11) is 3.14. The Morgan fingerprint density at radius 3 is 2.23 bits per heavy atom. The van der Waals surface area contributed by atoms with Crippen molar-refractivity contribution in [2.24, 2.45) is 0 Å². The highest BCUT2D eigenvalue weighted by Crippen LogP contribution is 2.22. The molecular formula is C11H16O2. The molecule has 0 aliphatic rings. The maximum absolute atomic E-state index is 7.15. The summed E-state index contributed by atoms with van der Waals surface area (Å²) >= 11 is 0. The molecule has 0 bridgehead atoms. The Balaban J connectivity index is 2.79. The third-order valence-electron chi connectivity index (χ3n) is 1.82. The van der Waals surface area contributed by atoms with Crippen molar-refractivity contribution in [1.82, 2.24) is 0 Å². The monoisotopic (exact) mass is 183 g/mol. The second-order valence-electron chi connectivity index (χ2n) is 2.72. The van der Waals surface area contributed by atoms with E-state index in [9.17, 15) is 0 Å². The van der Waals surface area contributed by atoms with Gasteiger partial charge in [-0.25, -0.2) is 0 Å². The third kappa shape index (κ3) is 2.65. The van der Waals surface area contributed by atoms with E-state index in [1.807, 2.05) is 12.1 Å². The van der Waals surface area contributed by atoms with Crippen molar-refractivity contribution >= 4 is 0 Å². The van der Waals surface area contributed by atoms with Crippen LogP contribution in [0.5, 0.6) is 11.5 Å². The van der Waals surface area contributed by atoms with Crippen LogP contribution in [0.2, 0.25) is 0 Å². The lowest BCUT2D eigenvalue weighted by atomic mass is 10.1. The highest BCUT2D eigenvalue weighted by atomic mass is 16.5. The Labute approximate surface area is 83.7 Å². The van der Waals surface area contributed by atoms with Gasteiger partial charge in [-0.2, -0.15) is 0 Å². The maximum Gasteiger partial charge on any atom is 0.122 e. The van der Waals surface area contributed by atoms with Crippen LogP contribution in [-0.4, -0.2) is 14.2 Å². The van der Waals surface area contributed by atoms with Crippen LogP contribution in [0.25, 0.3) is 0 Å². The zero-order valence-corrected chi connectivity index (χ0v) is 7.96. The summed E-state index contributed by atoms with van der Waals surface area (Å²) in [6.07, 6.45) is 0.646. The van der Waals surface area contributed by atoms with Crippen LogP contribution in [0.15, 0.2) is 18.2 Å². The number of hydrogen-bond acceptors (Lipinski definition) is 2. The van der Waals surface area contributed by atoms with Gasteiger partial charge in [0.1, 0.15) is 11.5 Å². The fraction of sp³-hybridized carbons (Fsp3) is 0.455. The maximum atomic E-state index is 7.15. The molecule has 0 amide bonds. The molecule has 0 radical (unpaired) electrons. The predicted molar refractivity (Wildman–Crippen MR) is 53.5 cm³/mol. The molecule has 0 saturated carbocycles. The van der Waals surface area contributed by atoms with Crippen molar-refractivity contribution in [3.05, 3.63) is 23.8 Å². The first-order valence-electron chi connectivity index (χ1n) is 5.66. The number of hydrogen-bond donors (Lipinski definition) is 0. The van der Waals surface area contributed by atoms with Gasteiger partial charge in [0.05, 0.1) is 14.2 Å². The molecule has 2 heteroatoms. The highest BCUT2D eigenvalue weighted by Gasteiger charge is 2.00. The summed E-state index contributed by atoms with van der Waals surface area (Å²) in [5.74, 6) is 1.36. The highest BCUT2D eigenvalue weighted by molar-refractivity contribution is 5.38. The molecule has 72 valence electrons. The zero-order valence-electron chi connectivity index (χ0n) is 11.0. The SMILES string of the molecule is [2H]C([2H])([2H])CCc1cc(OC)cc(OC)c1. The van der Waals surface area contributed by atoms with Crippen LogP contribution in [0.1, 0.15) is 22.9 Å². The lowest BCUT2D eigenvalue weighted by molar-refractivity contribution is 0.393. The van der Waals surface area contributed by atoms with Crippen molar-refractivity contribution in [3.63, 3.8) is 0 Å². The minimum Gasteiger partial charge on any atom is -0.497 e. The van der Waals surface area contributed by atoms with Gasteiger partial charge in [-0.3, -0.25) is 0 Å². The van der Waals surface area contributed by atoms with Crippen LogP contribution < -0.4 is 9.47 Å². The molecule has 13 heavy (non-hydrogen) atoms. The summed E-state index contributed by atoms with van der Waals surface area (Å²) in [4.78, 5) is 0. The quantitative estimate of drug-likeness (QED) is 0.714. The standard InChI is InChI=1S/C11H16O2/c1-4-5-9-6-10(12-2)8-11(7-9)13-3/h6-8H,4-5H2,1-3H3/i1D3. The zero-order chi connectivity index (χ0) is 12.2. The van der Waals surface area contributed by atoms with Gasteiger partial charge in [0, 0.05) is 10.2 Å². The second kappa shape index (κ2) is 4.75.